The summed E-state index contributed by atoms with van der Waals surface area (Å²) < 4.78 is 72.5. The van der Waals surface area contributed by atoms with Crippen molar-refractivity contribution in [1.29, 1.82) is 0 Å². The van der Waals surface area contributed by atoms with Gasteiger partial charge in [-0.25, -0.2) is 13.4 Å². The highest BCUT2D eigenvalue weighted by Crippen LogP contribution is 2.41. The van der Waals surface area contributed by atoms with Crippen molar-refractivity contribution in [2.75, 3.05) is 36.1 Å². The maximum atomic E-state index is 13.8. The van der Waals surface area contributed by atoms with E-state index in [1.54, 1.807) is 11.3 Å². The van der Waals surface area contributed by atoms with E-state index < -0.39 is 56.1 Å². The number of halogens is 3. The van der Waals surface area contributed by atoms with Crippen molar-refractivity contribution < 1.29 is 35.9 Å². The minimum absolute atomic E-state index is 0.0747. The van der Waals surface area contributed by atoms with E-state index in [4.69, 9.17) is 4.74 Å². The number of methoxy groups -OCH3 is 1. The number of nitrogens with zero attached hydrogens (tertiary/aromatic N) is 3. The van der Waals surface area contributed by atoms with Gasteiger partial charge in [-0.05, 0) is 36.4 Å². The quantitative estimate of drug-likeness (QED) is 0.296. The number of carbonyl (C=O) groups is 2. The molecule has 4 aromatic rings. The summed E-state index contributed by atoms with van der Waals surface area (Å²) in [6, 6.07) is 15.5. The fourth-order valence-electron chi connectivity index (χ4n) is 4.47. The van der Waals surface area contributed by atoms with Gasteiger partial charge in [0, 0.05) is 17.9 Å². The number of ether oxygens (including phenoxy) is 1. The largest absolute Gasteiger partial charge is 0.495 e. The molecule has 0 unspecified atom stereocenters. The third-order valence-electron chi connectivity index (χ3n) is 6.39. The minimum Gasteiger partial charge on any atom is -0.495 e. The number of anilines is 1. The highest BCUT2D eigenvalue weighted by atomic mass is 32.2. The summed E-state index contributed by atoms with van der Waals surface area (Å²) in [7, 11) is -2.80. The number of alkyl halides is 3. The lowest BCUT2D eigenvalue weighted by molar-refractivity contribution is -0.138. The van der Waals surface area contributed by atoms with Crippen molar-refractivity contribution in [3.05, 3.63) is 82.9 Å². The van der Waals surface area contributed by atoms with Gasteiger partial charge in [-0.1, -0.05) is 24.3 Å². The SMILES string of the molecule is COc1c(C(=O)N2CCSC2)cc(C(=O)N2CS(=O)(=O)c3ccccc32)cc1C(F)(F)F.c1ccc2scnc2c1. The number of hydrogen-bond donors (Lipinski definition) is 0. The molecule has 41 heavy (non-hydrogen) atoms. The lowest BCUT2D eigenvalue weighted by atomic mass is 10.0. The van der Waals surface area contributed by atoms with Crippen LogP contribution < -0.4 is 9.64 Å². The lowest BCUT2D eigenvalue weighted by Gasteiger charge is -2.22. The van der Waals surface area contributed by atoms with Gasteiger partial charge in [-0.2, -0.15) is 13.2 Å². The molecule has 0 saturated carbocycles. The molecular formula is C27H22F3N3O5S3. The summed E-state index contributed by atoms with van der Waals surface area (Å²) in [6.45, 7) is 0.351. The number of hydrogen-bond acceptors (Lipinski definition) is 8. The third kappa shape index (κ3) is 5.76. The molecule has 2 aliphatic heterocycles. The predicted molar refractivity (Wildman–Crippen MR) is 151 cm³/mol. The second-order valence-corrected chi connectivity index (χ2v) is 12.9. The smallest absolute Gasteiger partial charge is 0.420 e. The first-order valence-corrected chi connectivity index (χ1v) is 15.8. The van der Waals surface area contributed by atoms with Gasteiger partial charge >= 0.3 is 6.18 Å². The van der Waals surface area contributed by atoms with Gasteiger partial charge in [-0.15, -0.1) is 23.1 Å². The number of fused-ring (bicyclic) bond motifs is 2. The Morgan fingerprint density at radius 1 is 1.02 bits per heavy atom. The Kier molecular flexibility index (Phi) is 7.99. The number of rotatable bonds is 3. The van der Waals surface area contributed by atoms with Crippen LogP contribution in [0.5, 0.6) is 5.75 Å². The van der Waals surface area contributed by atoms with Crippen LogP contribution in [-0.4, -0.2) is 61.3 Å². The van der Waals surface area contributed by atoms with E-state index >= 15 is 0 Å². The van der Waals surface area contributed by atoms with E-state index in [1.807, 2.05) is 23.7 Å². The number of para-hydroxylation sites is 2. The normalized spacial score (nSPS) is 15.8. The zero-order valence-corrected chi connectivity index (χ0v) is 23.9. The third-order valence-corrected chi connectivity index (χ3v) is 9.78. The molecule has 1 aromatic heterocycles. The summed E-state index contributed by atoms with van der Waals surface area (Å²) in [5.41, 5.74) is 0.901. The average Bonchev–Trinajstić information content (AvgIpc) is 3.71. The Morgan fingerprint density at radius 2 is 1.76 bits per heavy atom. The summed E-state index contributed by atoms with van der Waals surface area (Å²) in [5, 5.41) is 0. The molecule has 14 heteroatoms. The Bertz CT molecular complexity index is 1700. The van der Waals surface area contributed by atoms with Crippen molar-refractivity contribution in [2.24, 2.45) is 0 Å². The fourth-order valence-corrected chi connectivity index (χ4v) is 7.61. The van der Waals surface area contributed by atoms with Gasteiger partial charge in [0.1, 0.15) is 11.6 Å². The van der Waals surface area contributed by atoms with E-state index in [9.17, 15) is 31.2 Å². The van der Waals surface area contributed by atoms with Gasteiger partial charge in [-0.3, -0.25) is 14.5 Å². The maximum Gasteiger partial charge on any atom is 0.420 e. The maximum absolute atomic E-state index is 13.8. The van der Waals surface area contributed by atoms with Gasteiger partial charge in [0.15, 0.2) is 9.84 Å². The van der Waals surface area contributed by atoms with Crippen molar-refractivity contribution in [3.8, 4) is 5.75 Å². The molecule has 0 aliphatic carbocycles. The number of thiazole rings is 1. The minimum atomic E-state index is -4.91. The van der Waals surface area contributed by atoms with E-state index in [-0.39, 0.29) is 10.6 Å². The summed E-state index contributed by atoms with van der Waals surface area (Å²) in [6.07, 6.45) is -4.91. The Labute approximate surface area is 241 Å². The Balaban J connectivity index is 0.000000315. The van der Waals surface area contributed by atoms with Crippen LogP contribution in [0.25, 0.3) is 10.2 Å². The molecule has 1 saturated heterocycles. The first-order chi connectivity index (χ1) is 19.5. The van der Waals surface area contributed by atoms with Crippen LogP contribution in [-0.2, 0) is 16.0 Å². The van der Waals surface area contributed by atoms with Crippen LogP contribution in [0.3, 0.4) is 0 Å². The van der Waals surface area contributed by atoms with Gasteiger partial charge in [0.05, 0.1) is 50.4 Å². The molecule has 0 spiro atoms. The molecule has 214 valence electrons. The first-order valence-electron chi connectivity index (χ1n) is 12.1. The summed E-state index contributed by atoms with van der Waals surface area (Å²) in [5.74, 6) is -2.09. The monoisotopic (exact) mass is 621 g/mol. The van der Waals surface area contributed by atoms with Crippen LogP contribution in [0.2, 0.25) is 0 Å². The topological polar surface area (TPSA) is 96.9 Å². The van der Waals surface area contributed by atoms with E-state index in [0.717, 1.165) is 23.6 Å². The van der Waals surface area contributed by atoms with Crippen LogP contribution in [0.1, 0.15) is 26.3 Å². The second-order valence-electron chi connectivity index (χ2n) is 8.97. The van der Waals surface area contributed by atoms with E-state index in [1.165, 1.54) is 45.6 Å². The molecular weight excluding hydrogens is 600 g/mol. The van der Waals surface area contributed by atoms with Gasteiger partial charge < -0.3 is 9.64 Å². The number of aromatic nitrogens is 1. The van der Waals surface area contributed by atoms with Crippen LogP contribution in [0.4, 0.5) is 18.9 Å². The highest BCUT2D eigenvalue weighted by Gasteiger charge is 2.41. The Morgan fingerprint density at radius 3 is 2.44 bits per heavy atom. The van der Waals surface area contributed by atoms with Crippen LogP contribution in [0.15, 0.2) is 71.1 Å². The standard InChI is InChI=1S/C20H17F3N2O5S2.C7H5NS/c1-30-17-13(19(27)24-6-7-31-10-24)8-12(9-14(17)20(21,22)23)18(26)25-11-32(28,29)16-5-3-2-4-15(16)25;1-2-4-7-6(3-1)8-5-9-7/h2-5,8-9H,6-7,10-11H2,1H3;1-5H. The highest BCUT2D eigenvalue weighted by molar-refractivity contribution is 7.99. The molecule has 3 aromatic carbocycles. The number of sulfone groups is 1. The zero-order valence-electron chi connectivity index (χ0n) is 21.4. The molecule has 1 fully saturated rings. The molecule has 2 aliphatic rings. The molecule has 0 atom stereocenters. The van der Waals surface area contributed by atoms with E-state index in [2.05, 4.69) is 11.1 Å². The zero-order chi connectivity index (χ0) is 29.4. The van der Waals surface area contributed by atoms with Crippen LogP contribution >= 0.6 is 23.1 Å². The van der Waals surface area contributed by atoms with Crippen molar-refractivity contribution in [1.82, 2.24) is 9.88 Å². The number of thioether (sulfide) groups is 1. The lowest BCUT2D eigenvalue weighted by Crippen LogP contribution is -2.32. The first kappa shape index (κ1) is 28.9. The van der Waals surface area contributed by atoms with Crippen molar-refractivity contribution >= 4 is 60.7 Å². The van der Waals surface area contributed by atoms with E-state index in [0.29, 0.717) is 24.2 Å². The summed E-state index contributed by atoms with van der Waals surface area (Å²) >= 11 is 3.13. The number of amides is 2. The molecule has 0 bridgehead atoms. The average molecular weight is 622 g/mol. The molecule has 6 rings (SSSR count). The van der Waals surface area contributed by atoms with Crippen molar-refractivity contribution in [3.63, 3.8) is 0 Å². The predicted octanol–water partition coefficient (Wildman–Crippen LogP) is 5.55. The van der Waals surface area contributed by atoms with Crippen LogP contribution in [0, 0.1) is 0 Å². The molecule has 2 amide bonds. The van der Waals surface area contributed by atoms with Gasteiger partial charge in [0.25, 0.3) is 11.8 Å². The number of benzene rings is 3. The van der Waals surface area contributed by atoms with Gasteiger partial charge in [0.2, 0.25) is 0 Å². The second kappa shape index (κ2) is 11.3. The number of carbonyl (C=O) groups excluding carboxylic acids is 2. The van der Waals surface area contributed by atoms with Crippen molar-refractivity contribution in [2.45, 2.75) is 11.1 Å². The molecule has 8 nitrogen and oxygen atoms in total. The summed E-state index contributed by atoms with van der Waals surface area (Å²) in [4.78, 5) is 32.5. The molecule has 3 heterocycles. The Hall–Kier alpha value is -3.62. The molecule has 0 N–H and O–H groups in total. The molecule has 0 radical (unpaired) electrons. The fraction of sp³-hybridized carbons (Fsp3) is 0.222.